The van der Waals surface area contributed by atoms with Crippen LogP contribution in [-0.4, -0.2) is 9.55 Å². The van der Waals surface area contributed by atoms with Crippen LogP contribution in [0.1, 0.15) is 17.5 Å². The van der Waals surface area contributed by atoms with Crippen molar-refractivity contribution in [1.29, 1.82) is 0 Å². The smallest absolute Gasteiger partial charge is 0.147 e. The maximum Gasteiger partial charge on any atom is -0.147 e. The van der Waals surface area contributed by atoms with Gasteiger partial charge in [0.25, 0.3) is 0 Å². The zero-order valence-electron chi connectivity index (χ0n) is 11.8. The molecule has 0 aliphatic heterocycles. The van der Waals surface area contributed by atoms with Crippen molar-refractivity contribution >= 4 is 30.9 Å². The second-order valence-electron chi connectivity index (χ2n) is 5.11. The van der Waals surface area contributed by atoms with Crippen LogP contribution in [0, 0.1) is 0 Å². The molecule has 0 bridgehead atoms. The first kappa shape index (κ1) is 17.5. The molecule has 0 saturated heterocycles. The van der Waals surface area contributed by atoms with Crippen LogP contribution in [0.25, 0.3) is 6.08 Å². The van der Waals surface area contributed by atoms with E-state index in [1.165, 1.54) is 11.1 Å². The van der Waals surface area contributed by atoms with Gasteiger partial charge in [-0.3, -0.25) is 0 Å². The fourth-order valence-corrected chi connectivity index (χ4v) is 7.07. The molecule has 1 unspecified atom stereocenters. The van der Waals surface area contributed by atoms with E-state index in [1.54, 1.807) is 3.28 Å². The van der Waals surface area contributed by atoms with Crippen molar-refractivity contribution in [2.24, 2.45) is 0 Å². The molecular formula is C17H16Cl2N2Zr. The normalized spacial score (nSPS) is 20.8. The van der Waals surface area contributed by atoms with Gasteiger partial charge in [0.15, 0.2) is 0 Å². The number of benzene rings is 1. The molecule has 0 fully saturated rings. The molecule has 4 rings (SSSR count). The Morgan fingerprint density at radius 1 is 1.18 bits per heavy atom. The van der Waals surface area contributed by atoms with Gasteiger partial charge in [-0.05, 0) is 0 Å². The van der Waals surface area contributed by atoms with Gasteiger partial charge in [0, 0.05) is 0 Å². The number of hydrogen-bond donors (Lipinski definition) is 0. The molecule has 2 aliphatic carbocycles. The van der Waals surface area contributed by atoms with Crippen LogP contribution in [0.4, 0.5) is 0 Å². The SMILES string of the molecule is C1=CC[C]([Zr][C]2(n3ccnc3)C=Cc3ccccc32)=C1.Cl.Cl. The molecular weight excluding hydrogens is 394 g/mol. The summed E-state index contributed by atoms with van der Waals surface area (Å²) >= 11 is -0.819. The maximum atomic E-state index is 4.28. The van der Waals surface area contributed by atoms with E-state index in [0.717, 1.165) is 6.42 Å². The average molecular weight is 410 g/mol. The predicted molar refractivity (Wildman–Crippen MR) is 91.1 cm³/mol. The zero-order chi connectivity index (χ0) is 13.4. The molecule has 112 valence electrons. The fourth-order valence-electron chi connectivity index (χ4n) is 2.94. The summed E-state index contributed by atoms with van der Waals surface area (Å²) in [5, 5.41) is 0. The summed E-state index contributed by atoms with van der Waals surface area (Å²) < 4.78 is 4.00. The van der Waals surface area contributed by atoms with Gasteiger partial charge in [0.2, 0.25) is 0 Å². The van der Waals surface area contributed by atoms with Crippen LogP contribution >= 0.6 is 24.8 Å². The maximum absolute atomic E-state index is 4.28. The van der Waals surface area contributed by atoms with E-state index < -0.39 is 23.2 Å². The fraction of sp³-hybridized carbons (Fsp3) is 0.118. The van der Waals surface area contributed by atoms with Crippen LogP contribution in [0.2, 0.25) is 0 Å². The van der Waals surface area contributed by atoms with Gasteiger partial charge < -0.3 is 0 Å². The van der Waals surface area contributed by atoms with Crippen molar-refractivity contribution in [3.63, 3.8) is 0 Å². The predicted octanol–water partition coefficient (Wildman–Crippen LogP) is 4.38. The second-order valence-corrected chi connectivity index (χ2v) is 9.17. The van der Waals surface area contributed by atoms with Crippen LogP contribution in [0.5, 0.6) is 0 Å². The number of allylic oxidation sites excluding steroid dienone is 5. The molecule has 5 heteroatoms. The van der Waals surface area contributed by atoms with E-state index in [0.29, 0.717) is 0 Å². The minimum absolute atomic E-state index is 0. The Labute approximate surface area is 154 Å². The molecule has 22 heavy (non-hydrogen) atoms. The van der Waals surface area contributed by atoms with Gasteiger partial charge in [0.05, 0.1) is 0 Å². The minimum atomic E-state index is -0.819. The molecule has 2 nitrogen and oxygen atoms in total. The standard InChI is InChI=1S/C12H9N2.C5H5.2ClH.Zr/c1-2-4-11-10(3-1)5-6-12(11)14-8-7-13-9-14;1-2-4-5-3-1;;;/h1-9H;1-3H,4H2;2*1H;. The number of hydrogen-bond acceptors (Lipinski definition) is 1. The Morgan fingerprint density at radius 3 is 2.77 bits per heavy atom. The van der Waals surface area contributed by atoms with Crippen LogP contribution in [-0.2, 0) is 26.5 Å². The van der Waals surface area contributed by atoms with Gasteiger partial charge in [-0.1, -0.05) is 0 Å². The molecule has 1 atom stereocenters. The van der Waals surface area contributed by atoms with E-state index in [9.17, 15) is 0 Å². The molecule has 0 spiro atoms. The molecule has 0 amide bonds. The molecule has 0 saturated carbocycles. The number of nitrogens with zero attached hydrogens (tertiary/aromatic N) is 2. The van der Waals surface area contributed by atoms with E-state index in [-0.39, 0.29) is 28.1 Å². The number of rotatable bonds is 3. The second kappa shape index (κ2) is 7.12. The third-order valence-electron chi connectivity index (χ3n) is 3.91. The average Bonchev–Trinajstić information content (AvgIpc) is 3.20. The summed E-state index contributed by atoms with van der Waals surface area (Å²) in [6, 6.07) is 8.76. The Bertz CT molecular complexity index is 735. The molecule has 2 aliphatic rings. The number of fused-ring (bicyclic) bond motifs is 1. The first-order chi connectivity index (χ1) is 9.88. The molecule has 2 aromatic rings. The Morgan fingerprint density at radius 2 is 2.05 bits per heavy atom. The minimum Gasteiger partial charge on any atom is -0.147 e. The molecule has 0 N–H and O–H groups in total. The van der Waals surface area contributed by atoms with Crippen LogP contribution in [0.15, 0.2) is 70.6 Å². The van der Waals surface area contributed by atoms with E-state index in [2.05, 4.69) is 70.4 Å². The summed E-state index contributed by atoms with van der Waals surface area (Å²) in [5.41, 5.74) is 2.80. The molecule has 1 aromatic heterocycles. The topological polar surface area (TPSA) is 17.8 Å². The van der Waals surface area contributed by atoms with Crippen LogP contribution in [0.3, 0.4) is 0 Å². The van der Waals surface area contributed by atoms with Crippen molar-refractivity contribution in [2.45, 2.75) is 9.67 Å². The summed E-state index contributed by atoms with van der Waals surface area (Å²) in [5.74, 6) is 0. The first-order valence-corrected chi connectivity index (χ1v) is 9.25. The van der Waals surface area contributed by atoms with Gasteiger partial charge in [-0.2, -0.15) is 0 Å². The Kier molecular flexibility index (Phi) is 5.66. The summed E-state index contributed by atoms with van der Waals surface area (Å²) in [7, 11) is 0. The van der Waals surface area contributed by atoms with Crippen molar-refractivity contribution in [3.8, 4) is 0 Å². The molecule has 1 aromatic carbocycles. The Hall–Kier alpha value is -0.887. The number of halogens is 2. The quantitative estimate of drug-likeness (QED) is 0.734. The van der Waals surface area contributed by atoms with Crippen molar-refractivity contribution in [2.75, 3.05) is 0 Å². The molecule has 0 radical (unpaired) electrons. The van der Waals surface area contributed by atoms with Crippen LogP contribution < -0.4 is 0 Å². The number of aromatic nitrogens is 2. The van der Waals surface area contributed by atoms with Crippen molar-refractivity contribution in [1.82, 2.24) is 9.55 Å². The summed E-state index contributed by atoms with van der Waals surface area (Å²) in [6.45, 7) is 0. The van der Waals surface area contributed by atoms with E-state index in [4.69, 9.17) is 0 Å². The molecule has 1 heterocycles. The van der Waals surface area contributed by atoms with E-state index in [1.807, 2.05) is 12.5 Å². The largest absolute Gasteiger partial charge is 0.147 e. The number of imidazole rings is 1. The van der Waals surface area contributed by atoms with E-state index >= 15 is 0 Å². The van der Waals surface area contributed by atoms with Gasteiger partial charge in [0.1, 0.15) is 0 Å². The first-order valence-electron chi connectivity index (χ1n) is 6.79. The third-order valence-corrected chi connectivity index (χ3v) is 8.25. The van der Waals surface area contributed by atoms with Crippen molar-refractivity contribution in [3.05, 3.63) is 81.7 Å². The van der Waals surface area contributed by atoms with Crippen molar-refractivity contribution < 1.29 is 23.2 Å². The summed E-state index contributed by atoms with van der Waals surface area (Å²) in [4.78, 5) is 4.28. The van der Waals surface area contributed by atoms with Gasteiger partial charge in [-0.15, -0.1) is 24.8 Å². The monoisotopic (exact) mass is 408 g/mol. The summed E-state index contributed by atoms with van der Waals surface area (Å²) in [6.07, 6.45) is 18.6. The van der Waals surface area contributed by atoms with Gasteiger partial charge >= 0.3 is 130 Å². The Balaban J connectivity index is 0.000000882. The third kappa shape index (κ3) is 2.83. The zero-order valence-corrected chi connectivity index (χ0v) is 15.9. The van der Waals surface area contributed by atoms with Gasteiger partial charge in [-0.25, -0.2) is 0 Å².